The van der Waals surface area contributed by atoms with Crippen molar-refractivity contribution in [3.8, 4) is 0 Å². The SMILES string of the molecule is CC1(C2CC2)OCC(CC(=O)O)O1. The number of hydrogen-bond acceptors (Lipinski definition) is 3. The second-order valence-corrected chi connectivity index (χ2v) is 3.94. The summed E-state index contributed by atoms with van der Waals surface area (Å²) in [5, 5.41) is 8.56. The maximum Gasteiger partial charge on any atom is 0.306 e. The maximum absolute atomic E-state index is 10.4. The van der Waals surface area contributed by atoms with Gasteiger partial charge in [-0.2, -0.15) is 0 Å². The number of rotatable bonds is 3. The number of ether oxygens (including phenoxy) is 2. The highest BCUT2D eigenvalue weighted by Crippen LogP contribution is 2.45. The van der Waals surface area contributed by atoms with Crippen LogP contribution in [0.15, 0.2) is 0 Å². The van der Waals surface area contributed by atoms with E-state index in [2.05, 4.69) is 0 Å². The Balaban J connectivity index is 1.89. The van der Waals surface area contributed by atoms with Crippen LogP contribution in [0.1, 0.15) is 26.2 Å². The highest BCUT2D eigenvalue weighted by molar-refractivity contribution is 5.67. The van der Waals surface area contributed by atoms with Crippen LogP contribution in [-0.4, -0.2) is 29.6 Å². The summed E-state index contributed by atoms with van der Waals surface area (Å²) in [6.07, 6.45) is 2.05. The van der Waals surface area contributed by atoms with E-state index in [1.54, 1.807) is 0 Å². The van der Waals surface area contributed by atoms with Crippen LogP contribution in [0.5, 0.6) is 0 Å². The quantitative estimate of drug-likeness (QED) is 0.714. The molecular weight excluding hydrogens is 172 g/mol. The molecule has 4 nitrogen and oxygen atoms in total. The number of carboxylic acids is 1. The van der Waals surface area contributed by atoms with Crippen LogP contribution in [0.3, 0.4) is 0 Å². The average Bonchev–Trinajstić information content (AvgIpc) is 2.78. The number of aliphatic carboxylic acids is 1. The minimum Gasteiger partial charge on any atom is -0.481 e. The van der Waals surface area contributed by atoms with Crippen LogP contribution < -0.4 is 0 Å². The Morgan fingerprint density at radius 2 is 2.31 bits per heavy atom. The molecule has 0 aromatic carbocycles. The first kappa shape index (κ1) is 8.97. The van der Waals surface area contributed by atoms with Gasteiger partial charge in [0.1, 0.15) is 0 Å². The fourth-order valence-corrected chi connectivity index (χ4v) is 1.77. The van der Waals surface area contributed by atoms with Crippen molar-refractivity contribution in [2.24, 2.45) is 5.92 Å². The van der Waals surface area contributed by atoms with E-state index in [4.69, 9.17) is 14.6 Å². The van der Waals surface area contributed by atoms with Crippen LogP contribution in [0.25, 0.3) is 0 Å². The zero-order chi connectivity index (χ0) is 9.47. The predicted molar refractivity (Wildman–Crippen MR) is 44.2 cm³/mol. The molecule has 0 aromatic heterocycles. The standard InChI is InChI=1S/C9H14O4/c1-9(6-2-3-6)12-5-7(13-9)4-8(10)11/h6-7H,2-5H2,1H3,(H,10,11). The van der Waals surface area contributed by atoms with Crippen LogP contribution >= 0.6 is 0 Å². The van der Waals surface area contributed by atoms with Crippen molar-refractivity contribution in [3.63, 3.8) is 0 Å². The van der Waals surface area contributed by atoms with Crippen molar-refractivity contribution in [1.82, 2.24) is 0 Å². The molecule has 0 aromatic rings. The van der Waals surface area contributed by atoms with E-state index in [0.29, 0.717) is 12.5 Å². The highest BCUT2D eigenvalue weighted by atomic mass is 16.7. The van der Waals surface area contributed by atoms with Crippen molar-refractivity contribution in [2.75, 3.05) is 6.61 Å². The summed E-state index contributed by atoms with van der Waals surface area (Å²) in [5.41, 5.74) is 0. The Labute approximate surface area is 76.8 Å². The summed E-state index contributed by atoms with van der Waals surface area (Å²) in [5.74, 6) is -0.847. The summed E-state index contributed by atoms with van der Waals surface area (Å²) in [6.45, 7) is 2.33. The van der Waals surface area contributed by atoms with Gasteiger partial charge >= 0.3 is 5.97 Å². The molecule has 2 atom stereocenters. The molecule has 2 aliphatic rings. The van der Waals surface area contributed by atoms with Crippen molar-refractivity contribution in [3.05, 3.63) is 0 Å². The Bertz CT molecular complexity index is 224. The largest absolute Gasteiger partial charge is 0.481 e. The molecule has 1 saturated heterocycles. The van der Waals surface area contributed by atoms with Gasteiger partial charge in [0.15, 0.2) is 5.79 Å². The van der Waals surface area contributed by atoms with Gasteiger partial charge in [-0.25, -0.2) is 0 Å². The van der Waals surface area contributed by atoms with E-state index in [1.165, 1.54) is 0 Å². The van der Waals surface area contributed by atoms with Crippen molar-refractivity contribution in [2.45, 2.75) is 38.1 Å². The first-order valence-electron chi connectivity index (χ1n) is 4.64. The van der Waals surface area contributed by atoms with Gasteiger partial charge < -0.3 is 14.6 Å². The Hall–Kier alpha value is -0.610. The van der Waals surface area contributed by atoms with Crippen LogP contribution in [0, 0.1) is 5.92 Å². The zero-order valence-corrected chi connectivity index (χ0v) is 7.66. The molecule has 0 bridgehead atoms. The average molecular weight is 186 g/mol. The molecule has 1 heterocycles. The number of carboxylic acid groups (broad SMARTS) is 1. The molecule has 1 aliphatic heterocycles. The van der Waals surface area contributed by atoms with E-state index in [-0.39, 0.29) is 12.5 Å². The van der Waals surface area contributed by atoms with Crippen molar-refractivity contribution < 1.29 is 19.4 Å². The lowest BCUT2D eigenvalue weighted by Gasteiger charge is -2.22. The molecule has 1 aliphatic carbocycles. The van der Waals surface area contributed by atoms with Gasteiger partial charge in [0, 0.05) is 5.92 Å². The topological polar surface area (TPSA) is 55.8 Å². The summed E-state index contributed by atoms with van der Waals surface area (Å²) in [4.78, 5) is 10.4. The first-order valence-corrected chi connectivity index (χ1v) is 4.64. The third kappa shape index (κ3) is 1.84. The van der Waals surface area contributed by atoms with E-state index in [0.717, 1.165) is 12.8 Å². The smallest absolute Gasteiger partial charge is 0.306 e. The molecule has 74 valence electrons. The second-order valence-electron chi connectivity index (χ2n) is 3.94. The number of hydrogen-bond donors (Lipinski definition) is 1. The summed E-state index contributed by atoms with van der Waals surface area (Å²) in [7, 11) is 0. The minimum absolute atomic E-state index is 0.0440. The van der Waals surface area contributed by atoms with E-state index in [9.17, 15) is 4.79 Å². The van der Waals surface area contributed by atoms with Crippen molar-refractivity contribution >= 4 is 5.97 Å². The molecule has 0 spiro atoms. The molecule has 2 fully saturated rings. The van der Waals surface area contributed by atoms with Crippen LogP contribution in [-0.2, 0) is 14.3 Å². The third-order valence-corrected chi connectivity index (χ3v) is 2.68. The lowest BCUT2D eigenvalue weighted by molar-refractivity contribution is -0.172. The van der Waals surface area contributed by atoms with Gasteiger partial charge in [0.05, 0.1) is 19.1 Å². The molecule has 1 saturated carbocycles. The van der Waals surface area contributed by atoms with Gasteiger partial charge in [0.25, 0.3) is 0 Å². The fraction of sp³-hybridized carbons (Fsp3) is 0.889. The van der Waals surface area contributed by atoms with E-state index < -0.39 is 11.8 Å². The summed E-state index contributed by atoms with van der Waals surface area (Å²) >= 11 is 0. The molecule has 0 radical (unpaired) electrons. The van der Waals surface area contributed by atoms with Gasteiger partial charge in [-0.15, -0.1) is 0 Å². The molecule has 13 heavy (non-hydrogen) atoms. The van der Waals surface area contributed by atoms with Gasteiger partial charge in [0.2, 0.25) is 0 Å². The number of carbonyl (C=O) groups is 1. The van der Waals surface area contributed by atoms with Crippen LogP contribution in [0.4, 0.5) is 0 Å². The zero-order valence-electron chi connectivity index (χ0n) is 7.66. The van der Waals surface area contributed by atoms with Crippen molar-refractivity contribution in [1.29, 1.82) is 0 Å². The van der Waals surface area contributed by atoms with Crippen LogP contribution in [0.2, 0.25) is 0 Å². The first-order chi connectivity index (χ1) is 6.10. The maximum atomic E-state index is 10.4. The predicted octanol–water partition coefficient (Wildman–Crippen LogP) is 1.00. The molecule has 2 rings (SSSR count). The van der Waals surface area contributed by atoms with Gasteiger partial charge in [-0.3, -0.25) is 4.79 Å². The highest BCUT2D eigenvalue weighted by Gasteiger charge is 2.49. The minimum atomic E-state index is -0.825. The molecule has 0 amide bonds. The Kier molecular flexibility index (Phi) is 2.04. The lowest BCUT2D eigenvalue weighted by Crippen LogP contribution is -2.29. The molecule has 2 unspecified atom stereocenters. The lowest BCUT2D eigenvalue weighted by atomic mass is 10.2. The Morgan fingerprint density at radius 1 is 1.62 bits per heavy atom. The monoisotopic (exact) mass is 186 g/mol. The van der Waals surface area contributed by atoms with Gasteiger partial charge in [-0.1, -0.05) is 0 Å². The summed E-state index contributed by atoms with van der Waals surface area (Å²) < 4.78 is 11.1. The molecular formula is C9H14O4. The Morgan fingerprint density at radius 3 is 2.85 bits per heavy atom. The molecule has 1 N–H and O–H groups in total. The second kappa shape index (κ2) is 2.96. The fourth-order valence-electron chi connectivity index (χ4n) is 1.77. The van der Waals surface area contributed by atoms with E-state index in [1.807, 2.05) is 6.92 Å². The van der Waals surface area contributed by atoms with E-state index >= 15 is 0 Å². The summed E-state index contributed by atoms with van der Waals surface area (Å²) in [6, 6.07) is 0. The van der Waals surface area contributed by atoms with Gasteiger partial charge in [-0.05, 0) is 19.8 Å². The molecule has 4 heteroatoms. The third-order valence-electron chi connectivity index (χ3n) is 2.68. The normalized spacial score (nSPS) is 39.3.